The van der Waals surface area contributed by atoms with Crippen molar-refractivity contribution in [3.8, 4) is 0 Å². The van der Waals surface area contributed by atoms with Crippen molar-refractivity contribution in [3.05, 3.63) is 22.5 Å². The Morgan fingerprint density at radius 2 is 1.67 bits per heavy atom. The molecule has 0 unspecified atom stereocenters. The molecular weight excluding hydrogens is 234 g/mol. The number of carbonyl (C=O) groups is 2. The van der Waals surface area contributed by atoms with Crippen LogP contribution in [0.15, 0.2) is 0 Å². The van der Waals surface area contributed by atoms with Crippen LogP contribution in [0.5, 0.6) is 0 Å². The number of aromatic nitrogens is 1. The lowest BCUT2D eigenvalue weighted by molar-refractivity contribution is 0.0555. The molecule has 0 atom stereocenters. The minimum absolute atomic E-state index is 0.348. The molecule has 1 aliphatic rings. The van der Waals surface area contributed by atoms with E-state index in [0.29, 0.717) is 11.1 Å². The third kappa shape index (κ3) is 1.79. The number of esters is 2. The highest BCUT2D eigenvalue weighted by Gasteiger charge is 2.31. The van der Waals surface area contributed by atoms with E-state index in [4.69, 9.17) is 9.47 Å². The Kier molecular flexibility index (Phi) is 3.41. The first-order valence-electron chi connectivity index (χ1n) is 6.00. The molecular formula is C13H17NO4. The SMILES string of the molecule is COC(=O)c1c(C(=O)OC)c2n(c1C)CCCC2. The fraction of sp³-hybridized carbons (Fsp3) is 0.538. The van der Waals surface area contributed by atoms with Crippen molar-refractivity contribution in [3.63, 3.8) is 0 Å². The van der Waals surface area contributed by atoms with Crippen LogP contribution in [-0.2, 0) is 22.4 Å². The predicted molar refractivity (Wildman–Crippen MR) is 64.8 cm³/mol. The van der Waals surface area contributed by atoms with Gasteiger partial charge in [0.15, 0.2) is 0 Å². The van der Waals surface area contributed by atoms with Crippen LogP contribution in [0.1, 0.15) is 44.9 Å². The van der Waals surface area contributed by atoms with Crippen molar-refractivity contribution >= 4 is 11.9 Å². The van der Waals surface area contributed by atoms with Gasteiger partial charge in [0.1, 0.15) is 0 Å². The number of hydrogen-bond donors (Lipinski definition) is 0. The highest BCUT2D eigenvalue weighted by Crippen LogP contribution is 2.29. The maximum absolute atomic E-state index is 11.9. The van der Waals surface area contributed by atoms with E-state index < -0.39 is 11.9 Å². The third-order valence-electron chi connectivity index (χ3n) is 3.46. The monoisotopic (exact) mass is 251 g/mol. The molecule has 0 bridgehead atoms. The number of rotatable bonds is 2. The van der Waals surface area contributed by atoms with Crippen LogP contribution in [0, 0.1) is 6.92 Å². The van der Waals surface area contributed by atoms with Crippen LogP contribution in [0.2, 0.25) is 0 Å². The maximum atomic E-state index is 11.9. The van der Waals surface area contributed by atoms with Gasteiger partial charge in [-0.25, -0.2) is 9.59 Å². The summed E-state index contributed by atoms with van der Waals surface area (Å²) in [5.41, 5.74) is 2.41. The average Bonchev–Trinajstić information content (AvgIpc) is 2.71. The Morgan fingerprint density at radius 1 is 1.06 bits per heavy atom. The summed E-state index contributed by atoms with van der Waals surface area (Å²) in [6, 6.07) is 0. The van der Waals surface area contributed by atoms with E-state index in [1.165, 1.54) is 14.2 Å². The van der Waals surface area contributed by atoms with Gasteiger partial charge in [0.25, 0.3) is 0 Å². The molecule has 0 N–H and O–H groups in total. The molecule has 2 heterocycles. The summed E-state index contributed by atoms with van der Waals surface area (Å²) in [5.74, 6) is -0.941. The van der Waals surface area contributed by atoms with E-state index in [1.807, 2.05) is 11.5 Å². The lowest BCUT2D eigenvalue weighted by atomic mass is 10.0. The second-order valence-electron chi connectivity index (χ2n) is 4.37. The number of fused-ring (bicyclic) bond motifs is 1. The Bertz CT molecular complexity index is 502. The minimum atomic E-state index is -0.477. The zero-order valence-corrected chi connectivity index (χ0v) is 10.9. The molecule has 2 rings (SSSR count). The first kappa shape index (κ1) is 12.7. The van der Waals surface area contributed by atoms with Crippen LogP contribution in [0.25, 0.3) is 0 Å². The normalized spacial score (nSPS) is 13.9. The third-order valence-corrected chi connectivity index (χ3v) is 3.46. The summed E-state index contributed by atoms with van der Waals surface area (Å²) in [6.07, 6.45) is 2.88. The Balaban J connectivity index is 2.66. The van der Waals surface area contributed by atoms with Gasteiger partial charge in [-0.3, -0.25) is 0 Å². The number of hydrogen-bond acceptors (Lipinski definition) is 4. The molecule has 0 fully saturated rings. The first-order valence-corrected chi connectivity index (χ1v) is 6.00. The van der Waals surface area contributed by atoms with Gasteiger partial charge in [-0.1, -0.05) is 0 Å². The summed E-state index contributed by atoms with van der Waals surface area (Å²) in [5, 5.41) is 0. The molecule has 0 aliphatic carbocycles. The number of nitrogens with zero attached hydrogens (tertiary/aromatic N) is 1. The van der Waals surface area contributed by atoms with Gasteiger partial charge >= 0.3 is 11.9 Å². The zero-order chi connectivity index (χ0) is 13.3. The molecule has 0 saturated heterocycles. The van der Waals surface area contributed by atoms with Crippen molar-refractivity contribution in [1.29, 1.82) is 0 Å². The van der Waals surface area contributed by atoms with Crippen molar-refractivity contribution < 1.29 is 19.1 Å². The highest BCUT2D eigenvalue weighted by molar-refractivity contribution is 6.05. The van der Waals surface area contributed by atoms with Crippen LogP contribution in [-0.4, -0.2) is 30.7 Å². The molecule has 0 aromatic carbocycles. The standard InChI is InChI=1S/C13H17NO4/c1-8-10(12(15)17-2)11(13(16)18-3)9-6-4-5-7-14(8)9/h4-7H2,1-3H3. The summed E-state index contributed by atoms with van der Waals surface area (Å²) in [6.45, 7) is 2.68. The van der Waals surface area contributed by atoms with Crippen LogP contribution < -0.4 is 0 Å². The van der Waals surface area contributed by atoms with Crippen molar-refractivity contribution in [2.24, 2.45) is 0 Å². The van der Waals surface area contributed by atoms with Gasteiger partial charge in [-0.2, -0.15) is 0 Å². The maximum Gasteiger partial charge on any atom is 0.340 e. The van der Waals surface area contributed by atoms with Gasteiger partial charge in [0.2, 0.25) is 0 Å². The second kappa shape index (κ2) is 4.84. The lowest BCUT2D eigenvalue weighted by Crippen LogP contribution is -2.14. The van der Waals surface area contributed by atoms with Gasteiger partial charge in [0, 0.05) is 17.9 Å². The quantitative estimate of drug-likeness (QED) is 0.751. The molecule has 18 heavy (non-hydrogen) atoms. The number of methoxy groups -OCH3 is 2. The zero-order valence-electron chi connectivity index (χ0n) is 10.9. The van der Waals surface area contributed by atoms with E-state index in [2.05, 4.69) is 0 Å². The summed E-state index contributed by atoms with van der Waals surface area (Å²) in [7, 11) is 2.64. The molecule has 1 aliphatic heterocycles. The van der Waals surface area contributed by atoms with Gasteiger partial charge in [-0.15, -0.1) is 0 Å². The van der Waals surface area contributed by atoms with Crippen molar-refractivity contribution in [1.82, 2.24) is 4.57 Å². The fourth-order valence-electron chi connectivity index (χ4n) is 2.60. The minimum Gasteiger partial charge on any atom is -0.465 e. The number of ether oxygens (including phenoxy) is 2. The lowest BCUT2D eigenvalue weighted by Gasteiger charge is -2.17. The summed E-state index contributed by atoms with van der Waals surface area (Å²) in [4.78, 5) is 23.7. The average molecular weight is 251 g/mol. The van der Waals surface area contributed by atoms with E-state index in [-0.39, 0.29) is 0 Å². The van der Waals surface area contributed by atoms with E-state index in [1.54, 1.807) is 0 Å². The second-order valence-corrected chi connectivity index (χ2v) is 4.37. The molecule has 1 aromatic heterocycles. The Labute approximate surface area is 106 Å². The van der Waals surface area contributed by atoms with Gasteiger partial charge in [-0.05, 0) is 26.2 Å². The largest absolute Gasteiger partial charge is 0.465 e. The van der Waals surface area contributed by atoms with Crippen molar-refractivity contribution in [2.75, 3.05) is 14.2 Å². The van der Waals surface area contributed by atoms with E-state index in [0.717, 1.165) is 37.2 Å². The van der Waals surface area contributed by atoms with Crippen LogP contribution in [0.4, 0.5) is 0 Å². The Hall–Kier alpha value is -1.78. The topological polar surface area (TPSA) is 57.5 Å². The first-order chi connectivity index (χ1) is 8.61. The van der Waals surface area contributed by atoms with Gasteiger partial charge < -0.3 is 14.0 Å². The van der Waals surface area contributed by atoms with Gasteiger partial charge in [0.05, 0.1) is 25.3 Å². The van der Waals surface area contributed by atoms with Crippen molar-refractivity contribution in [2.45, 2.75) is 32.7 Å². The molecule has 1 aromatic rings. The molecule has 5 nitrogen and oxygen atoms in total. The highest BCUT2D eigenvalue weighted by atomic mass is 16.5. The molecule has 0 spiro atoms. The summed E-state index contributed by atoms with van der Waals surface area (Å²) >= 11 is 0. The molecule has 5 heteroatoms. The molecule has 98 valence electrons. The van der Waals surface area contributed by atoms with E-state index >= 15 is 0 Å². The predicted octanol–water partition coefficient (Wildman–Crippen LogP) is 1.71. The smallest absolute Gasteiger partial charge is 0.340 e. The van der Waals surface area contributed by atoms with Crippen LogP contribution in [0.3, 0.4) is 0 Å². The molecule has 0 radical (unpaired) electrons. The molecule has 0 saturated carbocycles. The van der Waals surface area contributed by atoms with E-state index in [9.17, 15) is 9.59 Å². The summed E-state index contributed by atoms with van der Waals surface area (Å²) < 4.78 is 11.6. The number of carbonyl (C=O) groups excluding carboxylic acids is 2. The fourth-order valence-corrected chi connectivity index (χ4v) is 2.60. The molecule has 0 amide bonds. The Morgan fingerprint density at radius 3 is 2.28 bits per heavy atom. The van der Waals surface area contributed by atoms with Crippen LogP contribution >= 0.6 is 0 Å².